The molecule has 2 aromatic rings. The molecule has 6 heteroatoms. The molecule has 0 aliphatic carbocycles. The number of carbonyl (C=O) groups excluding carboxylic acids is 1. The van der Waals surface area contributed by atoms with Crippen LogP contribution in [0.15, 0.2) is 42.7 Å². The molecule has 0 spiro atoms. The molecular weight excluding hydrogens is 306 g/mol. The van der Waals surface area contributed by atoms with Crippen LogP contribution in [0.3, 0.4) is 0 Å². The van der Waals surface area contributed by atoms with Gasteiger partial charge in [-0.05, 0) is 30.3 Å². The van der Waals surface area contributed by atoms with Crippen molar-refractivity contribution in [2.24, 2.45) is 0 Å². The van der Waals surface area contributed by atoms with Crippen LogP contribution in [0, 0.1) is 0 Å². The third-order valence-electron chi connectivity index (χ3n) is 4.23. The van der Waals surface area contributed by atoms with E-state index in [9.17, 15) is 4.79 Å². The van der Waals surface area contributed by atoms with Gasteiger partial charge in [-0.3, -0.25) is 9.78 Å². The smallest absolute Gasteiger partial charge is 0.257 e. The van der Waals surface area contributed by atoms with E-state index in [1.54, 1.807) is 44.8 Å². The topological polar surface area (TPSA) is 54.9 Å². The summed E-state index contributed by atoms with van der Waals surface area (Å²) in [4.78, 5) is 21.0. The number of benzene rings is 1. The normalized spacial score (nSPS) is 14.4. The maximum absolute atomic E-state index is 12.9. The number of nitrogens with zero attached hydrogens (tertiary/aromatic N) is 3. The van der Waals surface area contributed by atoms with Gasteiger partial charge >= 0.3 is 0 Å². The first kappa shape index (κ1) is 16.1. The van der Waals surface area contributed by atoms with Crippen LogP contribution in [0.5, 0.6) is 11.5 Å². The molecule has 0 atom stereocenters. The number of rotatable bonds is 4. The summed E-state index contributed by atoms with van der Waals surface area (Å²) in [5, 5.41) is 0. The zero-order valence-corrected chi connectivity index (χ0v) is 13.9. The number of hydrogen-bond donors (Lipinski definition) is 0. The van der Waals surface area contributed by atoms with Crippen molar-refractivity contribution >= 4 is 11.6 Å². The lowest BCUT2D eigenvalue weighted by atomic mass is 10.1. The maximum atomic E-state index is 12.9. The quantitative estimate of drug-likeness (QED) is 0.860. The SMILES string of the molecule is COc1ccc(OC)c(C(=O)N2CCN(c3ccncc3)CC2)c1. The number of ether oxygens (including phenoxy) is 2. The highest BCUT2D eigenvalue weighted by atomic mass is 16.5. The van der Waals surface area contributed by atoms with Crippen LogP contribution in [0.1, 0.15) is 10.4 Å². The molecule has 0 bridgehead atoms. The lowest BCUT2D eigenvalue weighted by Gasteiger charge is -2.36. The summed E-state index contributed by atoms with van der Waals surface area (Å²) in [7, 11) is 3.16. The summed E-state index contributed by atoms with van der Waals surface area (Å²) in [6, 6.07) is 9.26. The first-order valence-electron chi connectivity index (χ1n) is 7.89. The monoisotopic (exact) mass is 327 g/mol. The van der Waals surface area contributed by atoms with Crippen molar-refractivity contribution in [3.63, 3.8) is 0 Å². The summed E-state index contributed by atoms with van der Waals surface area (Å²) < 4.78 is 10.6. The van der Waals surface area contributed by atoms with Gasteiger partial charge in [0.05, 0.1) is 19.8 Å². The number of aromatic nitrogens is 1. The second-order valence-electron chi connectivity index (χ2n) is 5.55. The fraction of sp³-hybridized carbons (Fsp3) is 0.333. The average molecular weight is 327 g/mol. The maximum Gasteiger partial charge on any atom is 0.257 e. The molecule has 6 nitrogen and oxygen atoms in total. The van der Waals surface area contributed by atoms with Crippen molar-refractivity contribution in [1.29, 1.82) is 0 Å². The van der Waals surface area contributed by atoms with Gasteiger partial charge in [-0.15, -0.1) is 0 Å². The number of piperazine rings is 1. The van der Waals surface area contributed by atoms with Gasteiger partial charge < -0.3 is 19.3 Å². The molecule has 1 amide bonds. The minimum atomic E-state index is -0.0277. The largest absolute Gasteiger partial charge is 0.497 e. The Morgan fingerprint density at radius 2 is 1.71 bits per heavy atom. The molecule has 126 valence electrons. The molecule has 3 rings (SSSR count). The van der Waals surface area contributed by atoms with Crippen LogP contribution in [0.25, 0.3) is 0 Å². The van der Waals surface area contributed by atoms with E-state index in [1.807, 2.05) is 17.0 Å². The van der Waals surface area contributed by atoms with Crippen LogP contribution in [-0.2, 0) is 0 Å². The number of amides is 1. The summed E-state index contributed by atoms with van der Waals surface area (Å²) in [6.07, 6.45) is 3.57. The van der Waals surface area contributed by atoms with Crippen molar-refractivity contribution < 1.29 is 14.3 Å². The molecule has 1 aromatic carbocycles. The van der Waals surface area contributed by atoms with E-state index in [-0.39, 0.29) is 5.91 Å². The van der Waals surface area contributed by atoms with Crippen LogP contribution < -0.4 is 14.4 Å². The van der Waals surface area contributed by atoms with Crippen molar-refractivity contribution in [1.82, 2.24) is 9.88 Å². The van der Waals surface area contributed by atoms with Crippen LogP contribution in [-0.4, -0.2) is 56.2 Å². The molecule has 24 heavy (non-hydrogen) atoms. The molecule has 0 saturated carbocycles. The average Bonchev–Trinajstić information content (AvgIpc) is 2.67. The molecule has 1 aliphatic rings. The number of anilines is 1. The van der Waals surface area contributed by atoms with Crippen molar-refractivity contribution in [3.8, 4) is 11.5 Å². The Labute approximate surface area is 141 Å². The van der Waals surface area contributed by atoms with Gasteiger partial charge in [0.15, 0.2) is 0 Å². The zero-order valence-electron chi connectivity index (χ0n) is 13.9. The van der Waals surface area contributed by atoms with E-state index < -0.39 is 0 Å². The second kappa shape index (κ2) is 7.21. The van der Waals surface area contributed by atoms with Crippen LogP contribution >= 0.6 is 0 Å². The first-order valence-corrected chi connectivity index (χ1v) is 7.89. The Hall–Kier alpha value is -2.76. The molecule has 2 heterocycles. The Morgan fingerprint density at radius 1 is 1.00 bits per heavy atom. The number of hydrogen-bond acceptors (Lipinski definition) is 5. The van der Waals surface area contributed by atoms with Gasteiger partial charge in [-0.2, -0.15) is 0 Å². The minimum absolute atomic E-state index is 0.0277. The van der Waals surface area contributed by atoms with E-state index in [1.165, 1.54) is 0 Å². The summed E-state index contributed by atoms with van der Waals surface area (Å²) in [5.41, 5.74) is 1.67. The minimum Gasteiger partial charge on any atom is -0.497 e. The molecule has 0 N–H and O–H groups in total. The molecule has 1 aliphatic heterocycles. The summed E-state index contributed by atoms with van der Waals surface area (Å²) in [6.45, 7) is 2.92. The molecule has 0 radical (unpaired) electrons. The first-order chi connectivity index (χ1) is 11.7. The summed E-state index contributed by atoms with van der Waals surface area (Å²) >= 11 is 0. The Bertz CT molecular complexity index is 698. The highest BCUT2D eigenvalue weighted by Gasteiger charge is 2.24. The molecule has 1 fully saturated rings. The standard InChI is InChI=1S/C18H21N3O3/c1-23-15-3-4-17(24-2)16(13-15)18(22)21-11-9-20(10-12-21)14-5-7-19-8-6-14/h3-8,13H,9-12H2,1-2H3. The predicted octanol–water partition coefficient (Wildman–Crippen LogP) is 2.06. The van der Waals surface area contributed by atoms with Gasteiger partial charge in [0, 0.05) is 44.3 Å². The fourth-order valence-corrected chi connectivity index (χ4v) is 2.87. The number of pyridine rings is 1. The Balaban J connectivity index is 1.71. The van der Waals surface area contributed by atoms with E-state index in [0.29, 0.717) is 30.2 Å². The van der Waals surface area contributed by atoms with Gasteiger partial charge in [0.2, 0.25) is 0 Å². The van der Waals surface area contributed by atoms with Crippen molar-refractivity contribution in [3.05, 3.63) is 48.3 Å². The highest BCUT2D eigenvalue weighted by Crippen LogP contribution is 2.26. The Morgan fingerprint density at radius 3 is 2.33 bits per heavy atom. The number of carbonyl (C=O) groups is 1. The molecular formula is C18H21N3O3. The van der Waals surface area contributed by atoms with E-state index in [0.717, 1.165) is 18.8 Å². The highest BCUT2D eigenvalue weighted by molar-refractivity contribution is 5.97. The molecule has 0 unspecified atom stereocenters. The molecule has 1 aromatic heterocycles. The lowest BCUT2D eigenvalue weighted by molar-refractivity contribution is 0.0743. The fourth-order valence-electron chi connectivity index (χ4n) is 2.87. The zero-order chi connectivity index (χ0) is 16.9. The lowest BCUT2D eigenvalue weighted by Crippen LogP contribution is -2.48. The van der Waals surface area contributed by atoms with Gasteiger partial charge in [-0.25, -0.2) is 0 Å². The van der Waals surface area contributed by atoms with Crippen molar-refractivity contribution in [2.75, 3.05) is 45.3 Å². The third kappa shape index (κ3) is 3.27. The van der Waals surface area contributed by atoms with Crippen LogP contribution in [0.2, 0.25) is 0 Å². The van der Waals surface area contributed by atoms with Gasteiger partial charge in [-0.1, -0.05) is 0 Å². The van der Waals surface area contributed by atoms with E-state index >= 15 is 0 Å². The van der Waals surface area contributed by atoms with Gasteiger partial charge in [0.25, 0.3) is 5.91 Å². The van der Waals surface area contributed by atoms with E-state index in [4.69, 9.17) is 9.47 Å². The van der Waals surface area contributed by atoms with E-state index in [2.05, 4.69) is 9.88 Å². The van der Waals surface area contributed by atoms with Gasteiger partial charge in [0.1, 0.15) is 11.5 Å². The Kier molecular flexibility index (Phi) is 4.84. The summed E-state index contributed by atoms with van der Waals surface area (Å²) in [5.74, 6) is 1.19. The van der Waals surface area contributed by atoms with Crippen molar-refractivity contribution in [2.45, 2.75) is 0 Å². The second-order valence-corrected chi connectivity index (χ2v) is 5.55. The molecule has 1 saturated heterocycles. The van der Waals surface area contributed by atoms with Crippen LogP contribution in [0.4, 0.5) is 5.69 Å². The predicted molar refractivity (Wildman–Crippen MR) is 91.9 cm³/mol. The third-order valence-corrected chi connectivity index (χ3v) is 4.23. The number of methoxy groups -OCH3 is 2.